The summed E-state index contributed by atoms with van der Waals surface area (Å²) in [4.78, 5) is 45.1. The molecular weight excluding hydrogens is 638 g/mol. The topological polar surface area (TPSA) is 165 Å². The number of alkyl carbamates (subject to hydrolysis) is 1. The summed E-state index contributed by atoms with van der Waals surface area (Å²) < 4.78 is 44.5. The quantitative estimate of drug-likeness (QED) is 0.145. The number of hydrogen-bond donors (Lipinski definition) is 4. The first-order valence-corrected chi connectivity index (χ1v) is 15.6. The predicted octanol–water partition coefficient (Wildman–Crippen LogP) is 5.29. The molecule has 15 heteroatoms. The van der Waals surface area contributed by atoms with E-state index in [0.717, 1.165) is 37.2 Å². The summed E-state index contributed by atoms with van der Waals surface area (Å²) in [5, 5.41) is 9.35. The van der Waals surface area contributed by atoms with Crippen LogP contribution in [-0.4, -0.2) is 63.2 Å². The zero-order chi connectivity index (χ0) is 34.3. The Labute approximate surface area is 279 Å². The summed E-state index contributed by atoms with van der Waals surface area (Å²) in [7, 11) is 3.08. The average Bonchev–Trinajstić information content (AvgIpc) is 3.54. The van der Waals surface area contributed by atoms with Gasteiger partial charge < -0.3 is 35.1 Å². The Morgan fingerprint density at radius 1 is 0.959 bits per heavy atom. The number of ether oxygens (including phenoxy) is 3. The van der Waals surface area contributed by atoms with Crippen LogP contribution in [0.5, 0.6) is 11.5 Å². The van der Waals surface area contributed by atoms with Gasteiger partial charge >= 0.3 is 6.09 Å². The van der Waals surface area contributed by atoms with Crippen LogP contribution in [0.2, 0.25) is 0 Å². The van der Waals surface area contributed by atoms with Crippen LogP contribution in [-0.2, 0) is 17.9 Å². The molecule has 0 aliphatic heterocycles. The van der Waals surface area contributed by atoms with Gasteiger partial charge in [0.25, 0.3) is 5.91 Å². The molecule has 0 spiro atoms. The largest absolute Gasteiger partial charge is 0.493 e. The second kappa shape index (κ2) is 14.9. The number of nitrogens with zero attached hydrogens (tertiary/aromatic N) is 4. The number of carbonyl (C=O) groups is 2. The summed E-state index contributed by atoms with van der Waals surface area (Å²) in [6.45, 7) is 0.154. The predicted molar refractivity (Wildman–Crippen MR) is 175 cm³/mol. The monoisotopic (exact) mass is 672 g/mol. The number of aromatic amines is 1. The lowest BCUT2D eigenvalue weighted by atomic mass is 9.91. The Morgan fingerprint density at radius 3 is 2.63 bits per heavy atom. The lowest BCUT2D eigenvalue weighted by Crippen LogP contribution is -2.42. The van der Waals surface area contributed by atoms with Gasteiger partial charge in [-0.05, 0) is 67.1 Å². The normalized spacial score (nSPS) is 15.8. The molecule has 1 fully saturated rings. The maximum absolute atomic E-state index is 14.8. The SMILES string of the molecule is COc1ccc(CNC(=O)OCc2ccnc(C(=O)N[C@H]3CCC[C@@H](Nc4nc(-c5c[nH]c6ncc(F)cc56)ncc4F)C3)c2)cc1OC. The number of benzene rings is 1. The van der Waals surface area contributed by atoms with Crippen molar-refractivity contribution in [3.63, 3.8) is 0 Å². The lowest BCUT2D eigenvalue weighted by Gasteiger charge is -2.30. The number of aromatic nitrogens is 5. The van der Waals surface area contributed by atoms with E-state index in [1.165, 1.54) is 19.4 Å². The van der Waals surface area contributed by atoms with Crippen molar-refractivity contribution in [1.29, 1.82) is 0 Å². The Hall–Kier alpha value is -5.86. The maximum atomic E-state index is 14.8. The Kier molecular flexibility index (Phi) is 10.1. The fourth-order valence-corrected chi connectivity index (χ4v) is 5.72. The number of rotatable bonds is 11. The van der Waals surface area contributed by atoms with Gasteiger partial charge in [-0.15, -0.1) is 0 Å². The van der Waals surface area contributed by atoms with Crippen molar-refractivity contribution in [3.05, 3.63) is 89.6 Å². The van der Waals surface area contributed by atoms with Crippen LogP contribution in [0.15, 0.2) is 61.2 Å². The molecule has 4 aromatic heterocycles. The summed E-state index contributed by atoms with van der Waals surface area (Å²) in [5.41, 5.74) is 2.52. The summed E-state index contributed by atoms with van der Waals surface area (Å²) in [5.74, 6) is -0.148. The van der Waals surface area contributed by atoms with Crippen LogP contribution < -0.4 is 25.4 Å². The van der Waals surface area contributed by atoms with Crippen molar-refractivity contribution in [2.75, 3.05) is 19.5 Å². The molecule has 2 amide bonds. The third-order valence-corrected chi connectivity index (χ3v) is 8.14. The number of H-pyrrole nitrogens is 1. The zero-order valence-corrected chi connectivity index (χ0v) is 26.8. The molecule has 0 saturated heterocycles. The van der Waals surface area contributed by atoms with E-state index in [9.17, 15) is 18.4 Å². The summed E-state index contributed by atoms with van der Waals surface area (Å²) in [6, 6.07) is 9.48. The van der Waals surface area contributed by atoms with E-state index in [1.54, 1.807) is 43.6 Å². The number of halogens is 2. The lowest BCUT2D eigenvalue weighted by molar-refractivity contribution is 0.0921. The van der Waals surface area contributed by atoms with Crippen molar-refractivity contribution in [3.8, 4) is 22.9 Å². The molecule has 0 radical (unpaired) electrons. The van der Waals surface area contributed by atoms with Crippen LogP contribution >= 0.6 is 0 Å². The molecule has 6 rings (SSSR count). The second-order valence-electron chi connectivity index (χ2n) is 11.5. The van der Waals surface area contributed by atoms with E-state index in [2.05, 4.69) is 40.9 Å². The molecule has 13 nitrogen and oxygen atoms in total. The van der Waals surface area contributed by atoms with Crippen LogP contribution in [0.25, 0.3) is 22.4 Å². The number of carbonyl (C=O) groups excluding carboxylic acids is 2. The fourth-order valence-electron chi connectivity index (χ4n) is 5.72. The molecule has 49 heavy (non-hydrogen) atoms. The Bertz CT molecular complexity index is 1970. The number of anilines is 1. The van der Waals surface area contributed by atoms with Crippen molar-refractivity contribution in [1.82, 2.24) is 35.6 Å². The van der Waals surface area contributed by atoms with E-state index in [0.29, 0.717) is 40.1 Å². The minimum atomic E-state index is -0.628. The maximum Gasteiger partial charge on any atom is 0.407 e. The second-order valence-corrected chi connectivity index (χ2v) is 11.5. The van der Waals surface area contributed by atoms with Gasteiger partial charge in [0.2, 0.25) is 0 Å². The molecule has 0 unspecified atom stereocenters. The first-order valence-electron chi connectivity index (χ1n) is 15.6. The molecule has 1 saturated carbocycles. The van der Waals surface area contributed by atoms with Crippen molar-refractivity contribution < 1.29 is 32.6 Å². The van der Waals surface area contributed by atoms with Gasteiger partial charge in [0.05, 0.1) is 26.6 Å². The van der Waals surface area contributed by atoms with Gasteiger partial charge in [-0.25, -0.2) is 28.5 Å². The van der Waals surface area contributed by atoms with E-state index < -0.39 is 17.7 Å². The molecule has 254 valence electrons. The zero-order valence-electron chi connectivity index (χ0n) is 26.8. The van der Waals surface area contributed by atoms with Crippen molar-refractivity contribution >= 4 is 28.9 Å². The minimum absolute atomic E-state index is 0.0165. The third kappa shape index (κ3) is 8.00. The van der Waals surface area contributed by atoms with Crippen LogP contribution in [0.1, 0.15) is 47.3 Å². The Morgan fingerprint density at radius 2 is 1.80 bits per heavy atom. The summed E-state index contributed by atoms with van der Waals surface area (Å²) in [6.07, 6.45) is 7.42. The molecule has 0 bridgehead atoms. The van der Waals surface area contributed by atoms with Gasteiger partial charge in [-0.1, -0.05) is 6.07 Å². The Balaban J connectivity index is 1.02. The molecule has 4 heterocycles. The number of amides is 2. The summed E-state index contributed by atoms with van der Waals surface area (Å²) >= 11 is 0. The number of nitrogens with one attached hydrogen (secondary N) is 4. The van der Waals surface area contributed by atoms with Crippen LogP contribution in [0, 0.1) is 11.6 Å². The third-order valence-electron chi connectivity index (χ3n) is 8.14. The molecule has 4 N–H and O–H groups in total. The first kappa shape index (κ1) is 33.1. The van der Waals surface area contributed by atoms with Gasteiger partial charge in [0.15, 0.2) is 29.0 Å². The molecule has 1 aromatic carbocycles. The van der Waals surface area contributed by atoms with Gasteiger partial charge in [-0.3, -0.25) is 9.78 Å². The molecular formula is C34H34F2N8O5. The van der Waals surface area contributed by atoms with Crippen LogP contribution in [0.3, 0.4) is 0 Å². The minimum Gasteiger partial charge on any atom is -0.493 e. The van der Waals surface area contributed by atoms with Crippen LogP contribution in [0.4, 0.5) is 19.4 Å². The number of methoxy groups -OCH3 is 2. The highest BCUT2D eigenvalue weighted by Crippen LogP contribution is 2.29. The highest BCUT2D eigenvalue weighted by molar-refractivity contribution is 5.93. The van der Waals surface area contributed by atoms with E-state index in [-0.39, 0.29) is 48.5 Å². The van der Waals surface area contributed by atoms with Crippen molar-refractivity contribution in [2.45, 2.75) is 50.9 Å². The molecule has 1 aliphatic rings. The molecule has 5 aromatic rings. The molecule has 1 aliphatic carbocycles. The fraction of sp³-hybridized carbons (Fsp3) is 0.294. The highest BCUT2D eigenvalue weighted by Gasteiger charge is 2.26. The smallest absolute Gasteiger partial charge is 0.407 e. The van der Waals surface area contributed by atoms with Gasteiger partial charge in [0.1, 0.15) is 23.8 Å². The average molecular weight is 673 g/mol. The standard InChI is InChI=1S/C34H34F2N8O5/c1-47-28-7-6-19(11-29(28)48-2)14-41-34(46)49-18-20-8-9-37-27(10-20)33(45)43-23-5-3-4-22(13-23)42-32-26(36)17-40-31(44-32)25-16-39-30-24(25)12-21(35)15-38-30/h6-12,15-17,22-23H,3-5,13-14,18H2,1-2H3,(H,38,39)(H,41,46)(H,43,45)(H,40,42,44)/t22-,23+/m1/s1. The number of hydrogen-bond acceptors (Lipinski definition) is 10. The molecule has 2 atom stereocenters. The number of pyridine rings is 2. The van der Waals surface area contributed by atoms with E-state index in [1.807, 2.05) is 0 Å². The highest BCUT2D eigenvalue weighted by atomic mass is 19.1. The first-order chi connectivity index (χ1) is 23.8. The van der Waals surface area contributed by atoms with Gasteiger partial charge in [0, 0.05) is 42.0 Å². The van der Waals surface area contributed by atoms with Gasteiger partial charge in [-0.2, -0.15) is 0 Å². The van der Waals surface area contributed by atoms with Crippen molar-refractivity contribution in [2.24, 2.45) is 0 Å². The number of fused-ring (bicyclic) bond motifs is 1. The van der Waals surface area contributed by atoms with E-state index in [4.69, 9.17) is 14.2 Å². The van der Waals surface area contributed by atoms with E-state index >= 15 is 0 Å².